The lowest BCUT2D eigenvalue weighted by Gasteiger charge is -2.05. The molecule has 0 fully saturated rings. The molecule has 2 aromatic carbocycles. The van der Waals surface area contributed by atoms with Crippen molar-refractivity contribution in [2.75, 3.05) is 13.3 Å². The first kappa shape index (κ1) is 17.0. The molecular formula is C21H19NO5. The molecule has 1 aliphatic heterocycles. The van der Waals surface area contributed by atoms with Crippen molar-refractivity contribution in [2.45, 2.75) is 13.0 Å². The molecule has 27 heavy (non-hydrogen) atoms. The maximum atomic E-state index is 12.2. The molecule has 1 aromatic heterocycles. The van der Waals surface area contributed by atoms with Gasteiger partial charge in [-0.2, -0.15) is 0 Å². The number of fused-ring (bicyclic) bond motifs is 1. The molecule has 0 saturated heterocycles. The Morgan fingerprint density at radius 3 is 2.74 bits per heavy atom. The minimum atomic E-state index is -0.236. The van der Waals surface area contributed by atoms with Gasteiger partial charge in [0.25, 0.3) is 5.91 Å². The molecule has 1 amide bonds. The quantitative estimate of drug-likeness (QED) is 0.693. The van der Waals surface area contributed by atoms with Crippen LogP contribution in [0.5, 0.6) is 17.2 Å². The number of furan rings is 1. The summed E-state index contributed by atoms with van der Waals surface area (Å²) in [6.45, 7) is 0.989. The third-order valence-electron chi connectivity index (χ3n) is 4.15. The summed E-state index contributed by atoms with van der Waals surface area (Å²) in [6.07, 6.45) is 0.771. The summed E-state index contributed by atoms with van der Waals surface area (Å²) in [6, 6.07) is 18.7. The van der Waals surface area contributed by atoms with Crippen LogP contribution in [0.25, 0.3) is 0 Å². The number of carbonyl (C=O) groups is 1. The van der Waals surface area contributed by atoms with Crippen LogP contribution >= 0.6 is 0 Å². The van der Waals surface area contributed by atoms with E-state index >= 15 is 0 Å². The zero-order valence-electron chi connectivity index (χ0n) is 14.6. The van der Waals surface area contributed by atoms with Crippen LogP contribution in [0.15, 0.2) is 65.1 Å². The first-order valence-corrected chi connectivity index (χ1v) is 8.71. The predicted octanol–water partition coefficient (Wildman–Crippen LogP) is 3.56. The van der Waals surface area contributed by atoms with Crippen molar-refractivity contribution in [3.63, 3.8) is 0 Å². The van der Waals surface area contributed by atoms with E-state index in [1.165, 1.54) is 5.56 Å². The highest BCUT2D eigenvalue weighted by Crippen LogP contribution is 2.35. The first-order chi connectivity index (χ1) is 13.3. The number of amides is 1. The third-order valence-corrected chi connectivity index (χ3v) is 4.15. The number of hydrogen-bond donors (Lipinski definition) is 1. The Bertz CT molecular complexity index is 919. The van der Waals surface area contributed by atoms with Gasteiger partial charge in [0.2, 0.25) is 6.79 Å². The monoisotopic (exact) mass is 365 g/mol. The molecule has 1 N–H and O–H groups in total. The van der Waals surface area contributed by atoms with E-state index in [-0.39, 0.29) is 25.1 Å². The van der Waals surface area contributed by atoms with E-state index < -0.39 is 0 Å². The van der Waals surface area contributed by atoms with E-state index in [9.17, 15) is 4.79 Å². The Balaban J connectivity index is 1.27. The summed E-state index contributed by atoms with van der Waals surface area (Å²) in [4.78, 5) is 12.2. The van der Waals surface area contributed by atoms with Crippen LogP contribution in [0.3, 0.4) is 0 Å². The van der Waals surface area contributed by atoms with Gasteiger partial charge in [-0.05, 0) is 36.2 Å². The number of carbonyl (C=O) groups excluding carboxylic acids is 1. The molecule has 0 bridgehead atoms. The highest BCUT2D eigenvalue weighted by Gasteiger charge is 2.15. The summed E-state index contributed by atoms with van der Waals surface area (Å²) in [5, 5.41) is 2.86. The van der Waals surface area contributed by atoms with Gasteiger partial charge in [0.05, 0.1) is 0 Å². The van der Waals surface area contributed by atoms with Gasteiger partial charge < -0.3 is 23.9 Å². The molecule has 0 saturated carbocycles. The van der Waals surface area contributed by atoms with E-state index in [2.05, 4.69) is 5.32 Å². The lowest BCUT2D eigenvalue weighted by Crippen LogP contribution is -2.25. The Hall–Kier alpha value is -3.41. The molecule has 2 heterocycles. The second-order valence-corrected chi connectivity index (χ2v) is 6.06. The Morgan fingerprint density at radius 1 is 1.00 bits per heavy atom. The summed E-state index contributed by atoms with van der Waals surface area (Å²) >= 11 is 0. The average Bonchev–Trinajstić information content (AvgIpc) is 3.36. The normalized spacial score (nSPS) is 12.0. The van der Waals surface area contributed by atoms with E-state index in [0.717, 1.165) is 6.42 Å². The van der Waals surface area contributed by atoms with Crippen LogP contribution in [0, 0.1) is 0 Å². The van der Waals surface area contributed by atoms with Crippen LogP contribution in [0.4, 0.5) is 0 Å². The molecule has 6 heteroatoms. The number of rotatable bonds is 7. The van der Waals surface area contributed by atoms with Crippen LogP contribution in [-0.4, -0.2) is 19.2 Å². The van der Waals surface area contributed by atoms with Gasteiger partial charge in [-0.15, -0.1) is 0 Å². The highest BCUT2D eigenvalue weighted by atomic mass is 16.7. The zero-order valence-corrected chi connectivity index (χ0v) is 14.6. The average molecular weight is 365 g/mol. The van der Waals surface area contributed by atoms with Gasteiger partial charge >= 0.3 is 0 Å². The fourth-order valence-electron chi connectivity index (χ4n) is 2.75. The van der Waals surface area contributed by atoms with Crippen LogP contribution in [0.1, 0.15) is 21.9 Å². The van der Waals surface area contributed by atoms with Crippen LogP contribution in [0.2, 0.25) is 0 Å². The lowest BCUT2D eigenvalue weighted by molar-refractivity contribution is 0.0922. The van der Waals surface area contributed by atoms with E-state index in [1.54, 1.807) is 30.3 Å². The van der Waals surface area contributed by atoms with Gasteiger partial charge in [-0.25, -0.2) is 0 Å². The number of benzene rings is 2. The van der Waals surface area contributed by atoms with Crippen molar-refractivity contribution < 1.29 is 23.4 Å². The van der Waals surface area contributed by atoms with Crippen molar-refractivity contribution in [3.8, 4) is 17.2 Å². The minimum absolute atomic E-state index is 0.219. The molecule has 6 nitrogen and oxygen atoms in total. The number of nitrogens with one attached hydrogen (secondary N) is 1. The summed E-state index contributed by atoms with van der Waals surface area (Å²) in [5.74, 6) is 2.61. The van der Waals surface area contributed by atoms with E-state index in [1.807, 2.05) is 30.3 Å². The SMILES string of the molecule is O=C(NCCc1ccccc1)c1ccc(COc2ccc3c(c2)OCO3)o1. The number of hydrogen-bond acceptors (Lipinski definition) is 5. The van der Waals surface area contributed by atoms with Gasteiger partial charge in [0.15, 0.2) is 17.3 Å². The van der Waals surface area contributed by atoms with Crippen molar-refractivity contribution in [3.05, 3.63) is 77.7 Å². The van der Waals surface area contributed by atoms with Gasteiger partial charge in [0, 0.05) is 12.6 Å². The van der Waals surface area contributed by atoms with Gasteiger partial charge in [-0.3, -0.25) is 4.79 Å². The summed E-state index contributed by atoms with van der Waals surface area (Å²) < 4.78 is 21.8. The fraction of sp³-hybridized carbons (Fsp3) is 0.190. The molecule has 0 spiro atoms. The minimum Gasteiger partial charge on any atom is -0.486 e. The second-order valence-electron chi connectivity index (χ2n) is 6.06. The largest absolute Gasteiger partial charge is 0.486 e. The number of ether oxygens (including phenoxy) is 3. The molecule has 3 aromatic rings. The summed E-state index contributed by atoms with van der Waals surface area (Å²) in [7, 11) is 0. The second kappa shape index (κ2) is 7.86. The molecule has 0 radical (unpaired) electrons. The zero-order chi connectivity index (χ0) is 18.5. The molecule has 0 aliphatic carbocycles. The molecule has 0 unspecified atom stereocenters. The van der Waals surface area contributed by atoms with Crippen molar-refractivity contribution in [1.29, 1.82) is 0 Å². The highest BCUT2D eigenvalue weighted by molar-refractivity contribution is 5.91. The molecule has 0 atom stereocenters. The smallest absolute Gasteiger partial charge is 0.287 e. The maximum Gasteiger partial charge on any atom is 0.287 e. The summed E-state index contributed by atoms with van der Waals surface area (Å²) in [5.41, 5.74) is 1.18. The van der Waals surface area contributed by atoms with Gasteiger partial charge in [0.1, 0.15) is 18.1 Å². The standard InChI is InChI=1S/C21H19NO5/c23-21(22-11-10-15-4-2-1-3-5-15)19-9-7-17(27-19)13-24-16-6-8-18-20(12-16)26-14-25-18/h1-9,12H,10-11,13-14H2,(H,22,23). The lowest BCUT2D eigenvalue weighted by atomic mass is 10.1. The van der Waals surface area contributed by atoms with E-state index in [4.69, 9.17) is 18.6 Å². The Kier molecular flexibility index (Phi) is 4.96. The van der Waals surface area contributed by atoms with Crippen LogP contribution in [-0.2, 0) is 13.0 Å². The fourth-order valence-corrected chi connectivity index (χ4v) is 2.75. The Labute approximate surface area is 156 Å². The van der Waals surface area contributed by atoms with Crippen LogP contribution < -0.4 is 19.5 Å². The molecule has 138 valence electrons. The maximum absolute atomic E-state index is 12.2. The first-order valence-electron chi connectivity index (χ1n) is 8.71. The van der Waals surface area contributed by atoms with Crippen molar-refractivity contribution in [1.82, 2.24) is 5.32 Å². The third kappa shape index (κ3) is 4.23. The Morgan fingerprint density at radius 2 is 1.85 bits per heavy atom. The van der Waals surface area contributed by atoms with Crippen molar-refractivity contribution in [2.24, 2.45) is 0 Å². The molecule has 1 aliphatic rings. The van der Waals surface area contributed by atoms with Gasteiger partial charge in [-0.1, -0.05) is 30.3 Å². The molecular weight excluding hydrogens is 346 g/mol. The topological polar surface area (TPSA) is 69.9 Å². The van der Waals surface area contributed by atoms with E-state index in [0.29, 0.717) is 29.6 Å². The predicted molar refractivity (Wildman–Crippen MR) is 98.1 cm³/mol. The van der Waals surface area contributed by atoms with Crippen molar-refractivity contribution >= 4 is 5.91 Å². The molecule has 4 rings (SSSR count).